The number of hydrogen-bond donors (Lipinski definition) is 1. The van der Waals surface area contributed by atoms with E-state index in [1.54, 1.807) is 0 Å². The Morgan fingerprint density at radius 3 is 2.08 bits per heavy atom. The minimum atomic E-state index is -0.569. The van der Waals surface area contributed by atoms with Gasteiger partial charge in [-0.1, -0.05) is 30.3 Å². The molecule has 0 spiro atoms. The van der Waals surface area contributed by atoms with E-state index in [2.05, 4.69) is 5.32 Å². The number of benzene rings is 2. The van der Waals surface area contributed by atoms with Crippen molar-refractivity contribution in [2.75, 3.05) is 13.1 Å². The molecule has 1 aliphatic heterocycles. The molecule has 0 amide bonds. The lowest BCUT2D eigenvalue weighted by Crippen LogP contribution is -2.45. The van der Waals surface area contributed by atoms with Crippen LogP contribution in [0.2, 0.25) is 0 Å². The number of carbonyl (C=O) groups is 1. The Labute approximate surface area is 155 Å². The zero-order valence-corrected chi connectivity index (χ0v) is 15.7. The van der Waals surface area contributed by atoms with Gasteiger partial charge in [0.25, 0.3) is 0 Å². The average Bonchev–Trinajstić information content (AvgIpc) is 2.63. The molecule has 4 heteroatoms. The van der Waals surface area contributed by atoms with Gasteiger partial charge < -0.3 is 14.8 Å². The van der Waals surface area contributed by atoms with Crippen LogP contribution in [-0.2, 0) is 15.1 Å². The van der Waals surface area contributed by atoms with E-state index in [9.17, 15) is 4.79 Å². The second-order valence-corrected chi connectivity index (χ2v) is 7.82. The van der Waals surface area contributed by atoms with Crippen LogP contribution in [0.3, 0.4) is 0 Å². The van der Waals surface area contributed by atoms with E-state index in [4.69, 9.17) is 9.47 Å². The standard InChI is InChI=1S/C22H27NO3/c1-21(2,3)20(24)26-22(13-15-23-16-14-22)17-9-11-19(12-10-17)25-18-7-5-4-6-8-18/h4-12,23H,13-16H2,1-3H3. The van der Waals surface area contributed by atoms with E-state index < -0.39 is 11.0 Å². The van der Waals surface area contributed by atoms with Crippen LogP contribution < -0.4 is 10.1 Å². The largest absolute Gasteiger partial charge is 0.457 e. The number of esters is 1. The molecule has 1 aliphatic rings. The Balaban J connectivity index is 1.81. The predicted molar refractivity (Wildman–Crippen MR) is 102 cm³/mol. The maximum Gasteiger partial charge on any atom is 0.312 e. The Hall–Kier alpha value is -2.33. The van der Waals surface area contributed by atoms with Crippen molar-refractivity contribution in [1.82, 2.24) is 5.32 Å². The summed E-state index contributed by atoms with van der Waals surface area (Å²) in [6, 6.07) is 17.6. The fraction of sp³-hybridized carbons (Fsp3) is 0.409. The zero-order chi connectivity index (χ0) is 18.6. The van der Waals surface area contributed by atoms with E-state index in [0.29, 0.717) is 0 Å². The highest BCUT2D eigenvalue weighted by molar-refractivity contribution is 5.76. The third-order valence-electron chi connectivity index (χ3n) is 4.67. The molecule has 1 saturated heterocycles. The summed E-state index contributed by atoms with van der Waals surface area (Å²) in [5.41, 5.74) is -0.0632. The van der Waals surface area contributed by atoms with Crippen molar-refractivity contribution in [3.63, 3.8) is 0 Å². The molecule has 0 saturated carbocycles. The molecule has 0 atom stereocenters. The monoisotopic (exact) mass is 353 g/mol. The van der Waals surface area contributed by atoms with E-state index in [0.717, 1.165) is 43.0 Å². The molecule has 2 aromatic carbocycles. The molecule has 0 aromatic heterocycles. The first kappa shape index (κ1) is 18.5. The molecule has 138 valence electrons. The van der Waals surface area contributed by atoms with Gasteiger partial charge in [0.2, 0.25) is 0 Å². The van der Waals surface area contributed by atoms with Crippen LogP contribution in [0.4, 0.5) is 0 Å². The smallest absolute Gasteiger partial charge is 0.312 e. The summed E-state index contributed by atoms with van der Waals surface area (Å²) < 4.78 is 11.9. The summed E-state index contributed by atoms with van der Waals surface area (Å²) in [5.74, 6) is 1.41. The van der Waals surface area contributed by atoms with Gasteiger partial charge >= 0.3 is 5.97 Å². The van der Waals surface area contributed by atoms with Crippen LogP contribution >= 0.6 is 0 Å². The molecule has 1 heterocycles. The molecule has 1 N–H and O–H groups in total. The van der Waals surface area contributed by atoms with Gasteiger partial charge in [0.05, 0.1) is 5.41 Å². The van der Waals surface area contributed by atoms with Crippen LogP contribution in [0.15, 0.2) is 54.6 Å². The van der Waals surface area contributed by atoms with Gasteiger partial charge in [-0.15, -0.1) is 0 Å². The number of para-hydroxylation sites is 1. The fourth-order valence-electron chi connectivity index (χ4n) is 3.06. The molecule has 0 radical (unpaired) electrons. The van der Waals surface area contributed by atoms with Gasteiger partial charge in [0, 0.05) is 12.8 Å². The van der Waals surface area contributed by atoms with Gasteiger partial charge in [-0.25, -0.2) is 0 Å². The summed E-state index contributed by atoms with van der Waals surface area (Å²) in [6.45, 7) is 7.34. The van der Waals surface area contributed by atoms with Crippen molar-refractivity contribution in [1.29, 1.82) is 0 Å². The number of piperidine rings is 1. The highest BCUT2D eigenvalue weighted by atomic mass is 16.6. The summed E-state index contributed by atoms with van der Waals surface area (Å²) in [7, 11) is 0. The molecule has 0 unspecified atom stereocenters. The number of ether oxygens (including phenoxy) is 2. The SMILES string of the molecule is CC(C)(C)C(=O)OC1(c2ccc(Oc3ccccc3)cc2)CCNCC1. The highest BCUT2D eigenvalue weighted by Gasteiger charge is 2.40. The molecule has 1 fully saturated rings. The predicted octanol–water partition coefficient (Wildman–Crippen LogP) is 4.65. The summed E-state index contributed by atoms with van der Waals surface area (Å²) in [6.07, 6.45) is 1.54. The van der Waals surface area contributed by atoms with Crippen molar-refractivity contribution < 1.29 is 14.3 Å². The molecule has 4 nitrogen and oxygen atoms in total. The number of nitrogens with one attached hydrogen (secondary N) is 1. The van der Waals surface area contributed by atoms with Crippen LogP contribution in [0.5, 0.6) is 11.5 Å². The van der Waals surface area contributed by atoms with Crippen molar-refractivity contribution in [3.8, 4) is 11.5 Å². The fourth-order valence-corrected chi connectivity index (χ4v) is 3.06. The first-order valence-corrected chi connectivity index (χ1v) is 9.17. The topological polar surface area (TPSA) is 47.6 Å². The Kier molecular flexibility index (Phi) is 5.33. The van der Waals surface area contributed by atoms with Crippen molar-refractivity contribution in [2.24, 2.45) is 5.41 Å². The molecule has 2 aromatic rings. The lowest BCUT2D eigenvalue weighted by atomic mass is 9.84. The molecule has 3 rings (SSSR count). The number of carbonyl (C=O) groups excluding carboxylic acids is 1. The maximum absolute atomic E-state index is 12.6. The van der Waals surface area contributed by atoms with E-state index in [1.807, 2.05) is 75.4 Å². The minimum absolute atomic E-state index is 0.163. The lowest BCUT2D eigenvalue weighted by molar-refractivity contribution is -0.174. The van der Waals surface area contributed by atoms with E-state index in [-0.39, 0.29) is 5.97 Å². The van der Waals surface area contributed by atoms with Crippen LogP contribution in [0.1, 0.15) is 39.2 Å². The summed E-state index contributed by atoms with van der Waals surface area (Å²) in [4.78, 5) is 12.6. The van der Waals surface area contributed by atoms with Crippen molar-refractivity contribution in [3.05, 3.63) is 60.2 Å². The van der Waals surface area contributed by atoms with Gasteiger partial charge in [0.1, 0.15) is 17.1 Å². The Bertz CT molecular complexity index is 726. The number of hydrogen-bond acceptors (Lipinski definition) is 4. The quantitative estimate of drug-likeness (QED) is 0.813. The van der Waals surface area contributed by atoms with Crippen LogP contribution in [0.25, 0.3) is 0 Å². The second-order valence-electron chi connectivity index (χ2n) is 7.82. The van der Waals surface area contributed by atoms with Crippen LogP contribution in [0, 0.1) is 5.41 Å². The van der Waals surface area contributed by atoms with Crippen LogP contribution in [-0.4, -0.2) is 19.1 Å². The first-order valence-electron chi connectivity index (χ1n) is 9.17. The van der Waals surface area contributed by atoms with Gasteiger partial charge in [-0.2, -0.15) is 0 Å². The number of rotatable bonds is 4. The molecular weight excluding hydrogens is 326 g/mol. The lowest BCUT2D eigenvalue weighted by Gasteiger charge is -2.39. The normalized spacial score (nSPS) is 16.7. The molecule has 26 heavy (non-hydrogen) atoms. The van der Waals surface area contributed by atoms with E-state index in [1.165, 1.54) is 0 Å². The molecular formula is C22H27NO3. The van der Waals surface area contributed by atoms with Gasteiger partial charge in [0.15, 0.2) is 0 Å². The third kappa shape index (κ3) is 4.25. The average molecular weight is 353 g/mol. The highest BCUT2D eigenvalue weighted by Crippen LogP contribution is 2.38. The molecule has 0 bridgehead atoms. The summed E-state index contributed by atoms with van der Waals surface area (Å²) >= 11 is 0. The minimum Gasteiger partial charge on any atom is -0.457 e. The van der Waals surface area contributed by atoms with Gasteiger partial charge in [-0.3, -0.25) is 4.79 Å². The van der Waals surface area contributed by atoms with Gasteiger partial charge in [-0.05, 0) is 63.7 Å². The third-order valence-corrected chi connectivity index (χ3v) is 4.67. The zero-order valence-electron chi connectivity index (χ0n) is 15.7. The molecule has 0 aliphatic carbocycles. The summed E-state index contributed by atoms with van der Waals surface area (Å²) in [5, 5.41) is 3.35. The van der Waals surface area contributed by atoms with E-state index >= 15 is 0 Å². The van der Waals surface area contributed by atoms with Crippen molar-refractivity contribution in [2.45, 2.75) is 39.2 Å². The maximum atomic E-state index is 12.6. The van der Waals surface area contributed by atoms with Crippen molar-refractivity contribution >= 4 is 5.97 Å². The Morgan fingerprint density at radius 1 is 0.923 bits per heavy atom. The first-order chi connectivity index (χ1) is 12.4. The second kappa shape index (κ2) is 7.50. The Morgan fingerprint density at radius 2 is 1.50 bits per heavy atom.